The standard InChI is InChI=1S/C10H12.C2H5NO2/c1-8(2)10-6-4-9(3)5-7-10;1-2(4)5-3/h4-7H,1H2,2-3H3;3H2,1H3. The first kappa shape index (κ1) is 13.4. The zero-order chi connectivity index (χ0) is 11.8. The van der Waals surface area contributed by atoms with Crippen molar-refractivity contribution < 1.29 is 9.63 Å². The van der Waals surface area contributed by atoms with E-state index in [1.807, 2.05) is 6.92 Å². The van der Waals surface area contributed by atoms with Gasteiger partial charge in [0.1, 0.15) is 0 Å². The molecular weight excluding hydrogens is 190 g/mol. The van der Waals surface area contributed by atoms with Crippen LogP contribution in [0, 0.1) is 6.92 Å². The quantitative estimate of drug-likeness (QED) is 0.720. The van der Waals surface area contributed by atoms with Crippen molar-refractivity contribution in [2.45, 2.75) is 20.8 Å². The highest BCUT2D eigenvalue weighted by molar-refractivity contribution is 5.65. The van der Waals surface area contributed by atoms with E-state index >= 15 is 0 Å². The molecule has 0 fully saturated rings. The van der Waals surface area contributed by atoms with Crippen molar-refractivity contribution >= 4 is 11.5 Å². The first-order valence-electron chi connectivity index (χ1n) is 4.57. The first-order valence-corrected chi connectivity index (χ1v) is 4.57. The molecule has 0 saturated heterocycles. The SMILES string of the molecule is C=C(C)c1ccc(C)cc1.CC(=O)ON. The Morgan fingerprint density at radius 2 is 1.67 bits per heavy atom. The molecule has 0 unspecified atom stereocenters. The Bertz CT molecular complexity index is 328. The maximum Gasteiger partial charge on any atom is 0.321 e. The van der Waals surface area contributed by atoms with Crippen LogP contribution in [-0.2, 0) is 9.63 Å². The number of benzene rings is 1. The molecule has 82 valence electrons. The summed E-state index contributed by atoms with van der Waals surface area (Å²) in [7, 11) is 0. The number of carbonyl (C=O) groups is 1. The molecule has 0 bridgehead atoms. The molecule has 1 aromatic rings. The third kappa shape index (κ3) is 6.46. The molecule has 0 saturated carbocycles. The van der Waals surface area contributed by atoms with Crippen molar-refractivity contribution in [3.05, 3.63) is 42.0 Å². The largest absolute Gasteiger partial charge is 0.374 e. The molecule has 0 heterocycles. The third-order valence-corrected chi connectivity index (χ3v) is 1.71. The van der Waals surface area contributed by atoms with E-state index in [0.29, 0.717) is 0 Å². The Kier molecular flexibility index (Phi) is 6.06. The summed E-state index contributed by atoms with van der Waals surface area (Å²) >= 11 is 0. The van der Waals surface area contributed by atoms with Crippen molar-refractivity contribution in [3.8, 4) is 0 Å². The fourth-order valence-electron chi connectivity index (χ4n) is 0.838. The summed E-state index contributed by atoms with van der Waals surface area (Å²) in [5.74, 6) is 3.85. The van der Waals surface area contributed by atoms with Crippen LogP contribution in [0.1, 0.15) is 25.0 Å². The Morgan fingerprint density at radius 1 is 1.27 bits per heavy atom. The van der Waals surface area contributed by atoms with Gasteiger partial charge in [0.25, 0.3) is 0 Å². The fourth-order valence-corrected chi connectivity index (χ4v) is 0.838. The molecule has 0 radical (unpaired) electrons. The lowest BCUT2D eigenvalue weighted by atomic mass is 10.1. The van der Waals surface area contributed by atoms with Crippen molar-refractivity contribution in [1.82, 2.24) is 0 Å². The van der Waals surface area contributed by atoms with Crippen LogP contribution in [0.3, 0.4) is 0 Å². The molecule has 2 N–H and O–H groups in total. The van der Waals surface area contributed by atoms with E-state index in [1.54, 1.807) is 0 Å². The Labute approximate surface area is 90.5 Å². The molecule has 15 heavy (non-hydrogen) atoms. The lowest BCUT2D eigenvalue weighted by Crippen LogP contribution is -2.03. The normalized spacial score (nSPS) is 8.53. The second kappa shape index (κ2) is 6.79. The van der Waals surface area contributed by atoms with Gasteiger partial charge < -0.3 is 4.84 Å². The Morgan fingerprint density at radius 3 is 1.93 bits per heavy atom. The number of hydrogen-bond acceptors (Lipinski definition) is 3. The van der Waals surface area contributed by atoms with Crippen molar-refractivity contribution in [2.75, 3.05) is 0 Å². The van der Waals surface area contributed by atoms with Gasteiger partial charge in [-0.05, 0) is 19.4 Å². The number of carbonyl (C=O) groups excluding carboxylic acids is 1. The van der Waals surface area contributed by atoms with Crippen molar-refractivity contribution in [1.29, 1.82) is 0 Å². The summed E-state index contributed by atoms with van der Waals surface area (Å²) in [6, 6.07) is 8.39. The van der Waals surface area contributed by atoms with E-state index in [2.05, 4.69) is 48.5 Å². The highest BCUT2D eigenvalue weighted by Gasteiger charge is 1.89. The summed E-state index contributed by atoms with van der Waals surface area (Å²) < 4.78 is 0. The van der Waals surface area contributed by atoms with Gasteiger partial charge >= 0.3 is 5.97 Å². The summed E-state index contributed by atoms with van der Waals surface area (Å²) in [6.45, 7) is 9.20. The molecular formula is C12H17NO2. The fraction of sp³-hybridized carbons (Fsp3) is 0.250. The lowest BCUT2D eigenvalue weighted by Gasteiger charge is -1.98. The van der Waals surface area contributed by atoms with Crippen LogP contribution in [0.4, 0.5) is 0 Å². The smallest absolute Gasteiger partial charge is 0.321 e. The zero-order valence-electron chi connectivity index (χ0n) is 9.41. The average Bonchev–Trinajstić information content (AvgIpc) is 2.19. The molecule has 0 aliphatic carbocycles. The van der Waals surface area contributed by atoms with Crippen LogP contribution in [0.15, 0.2) is 30.8 Å². The minimum absolute atomic E-state index is 0.468. The number of allylic oxidation sites excluding steroid dienone is 1. The van der Waals surface area contributed by atoms with Crippen LogP contribution in [0.2, 0.25) is 0 Å². The zero-order valence-corrected chi connectivity index (χ0v) is 9.41. The molecule has 1 aromatic carbocycles. The number of rotatable bonds is 1. The molecule has 3 heteroatoms. The summed E-state index contributed by atoms with van der Waals surface area (Å²) in [6.07, 6.45) is 0. The maximum atomic E-state index is 9.47. The van der Waals surface area contributed by atoms with E-state index in [0.717, 1.165) is 5.57 Å². The topological polar surface area (TPSA) is 52.3 Å². The number of aryl methyl sites for hydroxylation is 1. The summed E-state index contributed by atoms with van der Waals surface area (Å²) in [5, 5.41) is 0. The van der Waals surface area contributed by atoms with Gasteiger partial charge in [0.15, 0.2) is 0 Å². The second-order valence-electron chi connectivity index (χ2n) is 3.26. The van der Waals surface area contributed by atoms with Crippen LogP contribution in [0.5, 0.6) is 0 Å². The van der Waals surface area contributed by atoms with E-state index in [4.69, 9.17) is 0 Å². The first-order chi connectivity index (χ1) is 6.97. The maximum absolute atomic E-state index is 9.47. The lowest BCUT2D eigenvalue weighted by molar-refractivity contribution is -0.141. The second-order valence-corrected chi connectivity index (χ2v) is 3.26. The average molecular weight is 207 g/mol. The number of nitrogens with two attached hydrogens (primary N) is 1. The summed E-state index contributed by atoms with van der Waals surface area (Å²) in [5.41, 5.74) is 3.65. The van der Waals surface area contributed by atoms with Crippen LogP contribution in [0.25, 0.3) is 5.57 Å². The molecule has 3 nitrogen and oxygen atoms in total. The van der Waals surface area contributed by atoms with Crippen LogP contribution < -0.4 is 5.90 Å². The predicted molar refractivity (Wildman–Crippen MR) is 61.8 cm³/mol. The highest BCUT2D eigenvalue weighted by atomic mass is 16.7. The number of hydrogen-bond donors (Lipinski definition) is 1. The molecule has 0 spiro atoms. The molecule has 0 atom stereocenters. The van der Waals surface area contributed by atoms with E-state index < -0.39 is 5.97 Å². The van der Waals surface area contributed by atoms with Crippen molar-refractivity contribution in [3.63, 3.8) is 0 Å². The van der Waals surface area contributed by atoms with Gasteiger partial charge in [-0.25, -0.2) is 0 Å². The van der Waals surface area contributed by atoms with Gasteiger partial charge in [-0.15, -0.1) is 0 Å². The predicted octanol–water partition coefficient (Wildman–Crippen LogP) is 2.45. The summed E-state index contributed by atoms with van der Waals surface area (Å²) in [4.78, 5) is 13.1. The van der Waals surface area contributed by atoms with Gasteiger partial charge in [-0.2, -0.15) is 5.90 Å². The minimum atomic E-state index is -0.468. The van der Waals surface area contributed by atoms with Gasteiger partial charge in [0, 0.05) is 6.92 Å². The van der Waals surface area contributed by atoms with Gasteiger partial charge in [-0.1, -0.05) is 42.0 Å². The van der Waals surface area contributed by atoms with Crippen molar-refractivity contribution in [2.24, 2.45) is 5.90 Å². The molecule has 1 rings (SSSR count). The minimum Gasteiger partial charge on any atom is -0.374 e. The van der Waals surface area contributed by atoms with E-state index in [9.17, 15) is 4.79 Å². The van der Waals surface area contributed by atoms with Gasteiger partial charge in [0.2, 0.25) is 0 Å². The van der Waals surface area contributed by atoms with E-state index in [1.165, 1.54) is 18.1 Å². The van der Waals surface area contributed by atoms with E-state index in [-0.39, 0.29) is 0 Å². The van der Waals surface area contributed by atoms with Crippen LogP contribution in [-0.4, -0.2) is 5.97 Å². The molecule has 0 aliphatic rings. The molecule has 0 aromatic heterocycles. The monoisotopic (exact) mass is 207 g/mol. The van der Waals surface area contributed by atoms with Crippen LogP contribution >= 0.6 is 0 Å². The highest BCUT2D eigenvalue weighted by Crippen LogP contribution is 2.11. The Balaban J connectivity index is 0.000000336. The third-order valence-electron chi connectivity index (χ3n) is 1.71. The molecule has 0 aliphatic heterocycles. The Hall–Kier alpha value is -1.61. The van der Waals surface area contributed by atoms with Gasteiger partial charge in [0.05, 0.1) is 0 Å². The van der Waals surface area contributed by atoms with Gasteiger partial charge in [-0.3, -0.25) is 4.79 Å². The molecule has 0 amide bonds.